The predicted octanol–water partition coefficient (Wildman–Crippen LogP) is 1.30. The molecule has 1 aromatic carbocycles. The van der Waals surface area contributed by atoms with Gasteiger partial charge in [0.05, 0.1) is 18.5 Å². The molecule has 0 spiro atoms. The zero-order chi connectivity index (χ0) is 18.2. The number of ether oxygens (including phenoxy) is 1. The van der Waals surface area contributed by atoms with Crippen LogP contribution in [0.2, 0.25) is 0 Å². The van der Waals surface area contributed by atoms with Crippen LogP contribution in [0.4, 0.5) is 0 Å². The second-order valence-corrected chi connectivity index (χ2v) is 6.32. The lowest BCUT2D eigenvalue weighted by molar-refractivity contribution is 0.0938. The summed E-state index contributed by atoms with van der Waals surface area (Å²) in [5.74, 6) is 0.330. The summed E-state index contributed by atoms with van der Waals surface area (Å²) in [5.41, 5.74) is 1.23. The monoisotopic (exact) mass is 357 g/mol. The highest BCUT2D eigenvalue weighted by Gasteiger charge is 2.19. The van der Waals surface area contributed by atoms with Crippen molar-refractivity contribution in [3.8, 4) is 11.4 Å². The molecule has 0 unspecified atom stereocenters. The topological polar surface area (TPSA) is 71.4 Å². The first-order valence-corrected chi connectivity index (χ1v) is 9.27. The van der Waals surface area contributed by atoms with E-state index in [1.807, 2.05) is 37.3 Å². The number of nitrogens with one attached hydrogen (secondary N) is 2. The van der Waals surface area contributed by atoms with Crippen molar-refractivity contribution in [1.29, 1.82) is 0 Å². The predicted molar refractivity (Wildman–Crippen MR) is 101 cm³/mol. The van der Waals surface area contributed by atoms with Crippen LogP contribution in [0.25, 0.3) is 5.69 Å². The van der Waals surface area contributed by atoms with Crippen LogP contribution in [-0.2, 0) is 0 Å². The zero-order valence-electron chi connectivity index (χ0n) is 15.3. The van der Waals surface area contributed by atoms with E-state index in [4.69, 9.17) is 4.74 Å². The van der Waals surface area contributed by atoms with Crippen molar-refractivity contribution in [2.45, 2.75) is 13.3 Å². The van der Waals surface area contributed by atoms with Gasteiger partial charge in [-0.15, -0.1) is 0 Å². The standard InChI is InChI=1S/C19H27N5O2/c1-2-14-26-17-15-24(16-6-4-3-5-7-16)22-18(17)19(25)21-10-13-23-11-8-20-9-12-23/h3-7,15,20H,2,8-14H2,1H3,(H,21,25). The van der Waals surface area contributed by atoms with Crippen molar-refractivity contribution in [3.63, 3.8) is 0 Å². The molecule has 1 aromatic heterocycles. The molecule has 0 bridgehead atoms. The maximum absolute atomic E-state index is 12.6. The molecule has 1 saturated heterocycles. The second-order valence-electron chi connectivity index (χ2n) is 6.32. The Balaban J connectivity index is 1.65. The first-order chi connectivity index (χ1) is 12.8. The minimum Gasteiger partial charge on any atom is -0.489 e. The number of carbonyl (C=O) groups excluding carboxylic acids is 1. The Kier molecular flexibility index (Phi) is 6.62. The van der Waals surface area contributed by atoms with Gasteiger partial charge in [0.25, 0.3) is 5.91 Å². The summed E-state index contributed by atoms with van der Waals surface area (Å²) in [6.07, 6.45) is 2.65. The Morgan fingerprint density at radius 1 is 1.27 bits per heavy atom. The third kappa shape index (κ3) is 4.83. The number of benzene rings is 1. The molecule has 2 heterocycles. The molecule has 3 rings (SSSR count). The molecular formula is C19H27N5O2. The summed E-state index contributed by atoms with van der Waals surface area (Å²) in [5, 5.41) is 10.8. The highest BCUT2D eigenvalue weighted by atomic mass is 16.5. The lowest BCUT2D eigenvalue weighted by atomic mass is 10.3. The highest BCUT2D eigenvalue weighted by Crippen LogP contribution is 2.20. The van der Waals surface area contributed by atoms with Crippen molar-refractivity contribution in [2.75, 3.05) is 45.9 Å². The maximum Gasteiger partial charge on any atom is 0.275 e. The van der Waals surface area contributed by atoms with Gasteiger partial charge in [-0.25, -0.2) is 4.68 Å². The molecule has 2 aromatic rings. The summed E-state index contributed by atoms with van der Waals surface area (Å²) >= 11 is 0. The number of para-hydroxylation sites is 1. The Hall–Kier alpha value is -2.38. The van der Waals surface area contributed by atoms with E-state index in [-0.39, 0.29) is 5.91 Å². The summed E-state index contributed by atoms with van der Waals surface area (Å²) in [6.45, 7) is 8.08. The molecule has 0 saturated carbocycles. The minimum atomic E-state index is -0.194. The Bertz CT molecular complexity index is 695. The quantitative estimate of drug-likeness (QED) is 0.745. The number of piperazine rings is 1. The molecular weight excluding hydrogens is 330 g/mol. The molecule has 0 atom stereocenters. The van der Waals surface area contributed by atoms with Crippen LogP contribution in [0.15, 0.2) is 36.5 Å². The Morgan fingerprint density at radius 2 is 2.04 bits per heavy atom. The number of hydrogen-bond donors (Lipinski definition) is 2. The molecule has 2 N–H and O–H groups in total. The van der Waals surface area contributed by atoms with Gasteiger partial charge >= 0.3 is 0 Å². The van der Waals surface area contributed by atoms with E-state index >= 15 is 0 Å². The van der Waals surface area contributed by atoms with Gasteiger partial charge in [0.2, 0.25) is 0 Å². The van der Waals surface area contributed by atoms with Crippen LogP contribution >= 0.6 is 0 Å². The third-order valence-electron chi connectivity index (χ3n) is 4.30. The SMILES string of the molecule is CCCOc1cn(-c2ccccc2)nc1C(=O)NCCN1CCNCC1. The van der Waals surface area contributed by atoms with Crippen molar-refractivity contribution < 1.29 is 9.53 Å². The first-order valence-electron chi connectivity index (χ1n) is 9.27. The summed E-state index contributed by atoms with van der Waals surface area (Å²) < 4.78 is 7.43. The zero-order valence-corrected chi connectivity index (χ0v) is 15.3. The van der Waals surface area contributed by atoms with E-state index in [1.54, 1.807) is 10.9 Å². The van der Waals surface area contributed by atoms with E-state index in [0.717, 1.165) is 44.8 Å². The average molecular weight is 357 g/mol. The van der Waals surface area contributed by atoms with Crippen LogP contribution < -0.4 is 15.4 Å². The van der Waals surface area contributed by atoms with Crippen LogP contribution in [-0.4, -0.2) is 66.5 Å². The largest absolute Gasteiger partial charge is 0.489 e. The fraction of sp³-hybridized carbons (Fsp3) is 0.474. The summed E-state index contributed by atoms with van der Waals surface area (Å²) in [7, 11) is 0. The number of carbonyl (C=O) groups is 1. The molecule has 140 valence electrons. The lowest BCUT2D eigenvalue weighted by Crippen LogP contribution is -2.46. The Morgan fingerprint density at radius 3 is 2.77 bits per heavy atom. The number of nitrogens with zero attached hydrogens (tertiary/aromatic N) is 3. The molecule has 7 heteroatoms. The molecule has 26 heavy (non-hydrogen) atoms. The van der Waals surface area contributed by atoms with E-state index in [2.05, 4.69) is 20.6 Å². The molecule has 1 fully saturated rings. The van der Waals surface area contributed by atoms with E-state index < -0.39 is 0 Å². The lowest BCUT2D eigenvalue weighted by Gasteiger charge is -2.27. The van der Waals surface area contributed by atoms with Crippen molar-refractivity contribution in [2.24, 2.45) is 0 Å². The molecule has 1 amide bonds. The third-order valence-corrected chi connectivity index (χ3v) is 4.30. The number of rotatable bonds is 8. The fourth-order valence-electron chi connectivity index (χ4n) is 2.89. The normalized spacial score (nSPS) is 15.0. The highest BCUT2D eigenvalue weighted by molar-refractivity contribution is 5.94. The minimum absolute atomic E-state index is 0.194. The van der Waals surface area contributed by atoms with E-state index in [9.17, 15) is 4.79 Å². The van der Waals surface area contributed by atoms with Gasteiger partial charge in [-0.05, 0) is 18.6 Å². The van der Waals surface area contributed by atoms with Gasteiger partial charge < -0.3 is 15.4 Å². The summed E-state index contributed by atoms with van der Waals surface area (Å²) in [4.78, 5) is 15.0. The molecule has 7 nitrogen and oxygen atoms in total. The van der Waals surface area contributed by atoms with Gasteiger partial charge in [-0.3, -0.25) is 9.69 Å². The number of aromatic nitrogens is 2. The van der Waals surface area contributed by atoms with E-state index in [1.165, 1.54) is 0 Å². The van der Waals surface area contributed by atoms with E-state index in [0.29, 0.717) is 24.6 Å². The van der Waals surface area contributed by atoms with Crippen LogP contribution in [0.3, 0.4) is 0 Å². The number of amides is 1. The maximum atomic E-state index is 12.6. The van der Waals surface area contributed by atoms with Crippen LogP contribution in [0.1, 0.15) is 23.8 Å². The molecule has 1 aliphatic heterocycles. The van der Waals surface area contributed by atoms with Gasteiger partial charge in [-0.1, -0.05) is 25.1 Å². The van der Waals surface area contributed by atoms with Crippen molar-refractivity contribution in [1.82, 2.24) is 25.3 Å². The molecule has 1 aliphatic rings. The van der Waals surface area contributed by atoms with Crippen LogP contribution in [0, 0.1) is 0 Å². The van der Waals surface area contributed by atoms with Crippen molar-refractivity contribution >= 4 is 5.91 Å². The smallest absolute Gasteiger partial charge is 0.275 e. The first kappa shape index (κ1) is 18.4. The van der Waals surface area contributed by atoms with Gasteiger partial charge in [0.1, 0.15) is 0 Å². The van der Waals surface area contributed by atoms with Crippen molar-refractivity contribution in [3.05, 3.63) is 42.2 Å². The fourth-order valence-corrected chi connectivity index (χ4v) is 2.89. The number of hydrogen-bond acceptors (Lipinski definition) is 5. The van der Waals surface area contributed by atoms with Crippen LogP contribution in [0.5, 0.6) is 5.75 Å². The Labute approximate surface area is 154 Å². The van der Waals surface area contributed by atoms with Gasteiger partial charge in [0, 0.05) is 39.3 Å². The second kappa shape index (κ2) is 9.35. The average Bonchev–Trinajstić information content (AvgIpc) is 3.12. The molecule has 0 aliphatic carbocycles. The summed E-state index contributed by atoms with van der Waals surface area (Å²) in [6, 6.07) is 9.73. The van der Waals surface area contributed by atoms with Gasteiger partial charge in [0.15, 0.2) is 11.4 Å². The van der Waals surface area contributed by atoms with Gasteiger partial charge in [-0.2, -0.15) is 5.10 Å². The molecule has 0 radical (unpaired) electrons.